The molecular formula is C12H16N2O2S. The summed E-state index contributed by atoms with van der Waals surface area (Å²) in [5, 5.41) is 6.65. The molecule has 2 rings (SSSR count). The maximum Gasteiger partial charge on any atom is 0.253 e. The smallest absolute Gasteiger partial charge is 0.253 e. The fraction of sp³-hybridized carbons (Fsp3) is 0.500. The lowest BCUT2D eigenvalue weighted by molar-refractivity contribution is -0.136. The Balaban J connectivity index is 2.35. The molecule has 5 heteroatoms. The number of thiophene rings is 1. The average Bonchev–Trinajstić information content (AvgIpc) is 2.85. The number of piperazine rings is 1. The van der Waals surface area contributed by atoms with Crippen molar-refractivity contribution in [3.8, 4) is 0 Å². The molecule has 1 aromatic rings. The molecule has 0 aromatic carbocycles. The number of nitrogens with one attached hydrogen (secondary N) is 1. The van der Waals surface area contributed by atoms with Crippen molar-refractivity contribution in [2.45, 2.75) is 32.2 Å². The van der Waals surface area contributed by atoms with Gasteiger partial charge in [-0.1, -0.05) is 13.8 Å². The highest BCUT2D eigenvalue weighted by Gasteiger charge is 2.44. The van der Waals surface area contributed by atoms with Gasteiger partial charge in [0.05, 0.1) is 5.69 Å². The van der Waals surface area contributed by atoms with Gasteiger partial charge in [0.15, 0.2) is 0 Å². The summed E-state index contributed by atoms with van der Waals surface area (Å²) in [7, 11) is 0. The number of rotatable bonds is 3. The Bertz CT molecular complexity index is 424. The third-order valence-corrected chi connectivity index (χ3v) is 4.03. The zero-order chi connectivity index (χ0) is 12.5. The van der Waals surface area contributed by atoms with Gasteiger partial charge in [0.1, 0.15) is 12.1 Å². The molecule has 92 valence electrons. The number of hydrogen-bond donors (Lipinski definition) is 1. The fourth-order valence-corrected chi connectivity index (χ4v) is 2.82. The first-order chi connectivity index (χ1) is 8.13. The molecule has 1 aliphatic heterocycles. The van der Waals surface area contributed by atoms with E-state index in [0.29, 0.717) is 12.8 Å². The minimum Gasteiger partial charge on any atom is -0.340 e. The Kier molecular flexibility index (Phi) is 3.19. The normalized spacial score (nSPS) is 19.3. The largest absolute Gasteiger partial charge is 0.340 e. The Morgan fingerprint density at radius 3 is 2.65 bits per heavy atom. The SMILES string of the molecule is CCC1(CC)NC(=O)CN(c2ccsc2)C1=O. The van der Waals surface area contributed by atoms with Crippen molar-refractivity contribution in [1.29, 1.82) is 0 Å². The number of carbonyl (C=O) groups excluding carboxylic acids is 2. The van der Waals surface area contributed by atoms with Crippen molar-refractivity contribution < 1.29 is 9.59 Å². The molecule has 0 atom stereocenters. The van der Waals surface area contributed by atoms with Crippen LogP contribution in [-0.4, -0.2) is 23.9 Å². The van der Waals surface area contributed by atoms with Crippen molar-refractivity contribution in [3.63, 3.8) is 0 Å². The molecule has 0 unspecified atom stereocenters. The predicted molar refractivity (Wildman–Crippen MR) is 68.1 cm³/mol. The molecule has 1 aromatic heterocycles. The van der Waals surface area contributed by atoms with Gasteiger partial charge < -0.3 is 10.2 Å². The maximum absolute atomic E-state index is 12.5. The fourth-order valence-electron chi connectivity index (χ4n) is 2.18. The van der Waals surface area contributed by atoms with E-state index in [1.165, 1.54) is 11.3 Å². The molecule has 2 amide bonds. The maximum atomic E-state index is 12.5. The van der Waals surface area contributed by atoms with Gasteiger partial charge in [0.25, 0.3) is 5.91 Å². The van der Waals surface area contributed by atoms with E-state index < -0.39 is 5.54 Å². The van der Waals surface area contributed by atoms with Crippen molar-refractivity contribution >= 4 is 28.8 Å². The molecular weight excluding hydrogens is 236 g/mol. The minimum atomic E-state index is -0.725. The lowest BCUT2D eigenvalue weighted by Gasteiger charge is -2.40. The van der Waals surface area contributed by atoms with Crippen LogP contribution in [0.4, 0.5) is 5.69 Å². The molecule has 1 saturated heterocycles. The van der Waals surface area contributed by atoms with Gasteiger partial charge in [-0.15, -0.1) is 0 Å². The number of nitrogens with zero attached hydrogens (tertiary/aromatic N) is 1. The van der Waals surface area contributed by atoms with Crippen LogP contribution < -0.4 is 10.2 Å². The van der Waals surface area contributed by atoms with Crippen LogP contribution in [0.2, 0.25) is 0 Å². The van der Waals surface area contributed by atoms with Gasteiger partial charge in [-0.25, -0.2) is 0 Å². The summed E-state index contributed by atoms with van der Waals surface area (Å²) in [6, 6.07) is 1.87. The van der Waals surface area contributed by atoms with E-state index in [-0.39, 0.29) is 18.4 Å². The van der Waals surface area contributed by atoms with Crippen LogP contribution in [0.25, 0.3) is 0 Å². The van der Waals surface area contributed by atoms with Crippen LogP contribution in [0.3, 0.4) is 0 Å². The zero-order valence-electron chi connectivity index (χ0n) is 10.0. The number of amides is 2. The molecule has 17 heavy (non-hydrogen) atoms. The summed E-state index contributed by atoms with van der Waals surface area (Å²) >= 11 is 1.53. The second-order valence-corrected chi connectivity index (χ2v) is 4.99. The average molecular weight is 252 g/mol. The first-order valence-corrected chi connectivity index (χ1v) is 6.72. The molecule has 1 fully saturated rings. The highest BCUT2D eigenvalue weighted by Crippen LogP contribution is 2.27. The molecule has 2 heterocycles. The number of carbonyl (C=O) groups is 2. The minimum absolute atomic E-state index is 0.000463. The summed E-state index contributed by atoms with van der Waals surface area (Å²) in [5.41, 5.74) is 0.0956. The third kappa shape index (κ3) is 1.95. The van der Waals surface area contributed by atoms with Crippen LogP contribution in [-0.2, 0) is 9.59 Å². The van der Waals surface area contributed by atoms with Crippen LogP contribution in [0, 0.1) is 0 Å². The lowest BCUT2D eigenvalue weighted by Crippen LogP contribution is -2.66. The van der Waals surface area contributed by atoms with Gasteiger partial charge in [-0.3, -0.25) is 9.59 Å². The third-order valence-electron chi connectivity index (χ3n) is 3.36. The van der Waals surface area contributed by atoms with Crippen molar-refractivity contribution in [2.24, 2.45) is 0 Å². The van der Waals surface area contributed by atoms with Crippen molar-refractivity contribution in [2.75, 3.05) is 11.4 Å². The molecule has 4 nitrogen and oxygen atoms in total. The van der Waals surface area contributed by atoms with Gasteiger partial charge in [0.2, 0.25) is 5.91 Å². The highest BCUT2D eigenvalue weighted by molar-refractivity contribution is 7.08. The molecule has 1 N–H and O–H groups in total. The first-order valence-electron chi connectivity index (χ1n) is 5.78. The molecule has 0 radical (unpaired) electrons. The predicted octanol–water partition coefficient (Wildman–Crippen LogP) is 1.77. The van der Waals surface area contributed by atoms with Crippen LogP contribution in [0.1, 0.15) is 26.7 Å². The summed E-state index contributed by atoms with van der Waals surface area (Å²) in [6.45, 7) is 3.98. The quantitative estimate of drug-likeness (QED) is 0.891. The van der Waals surface area contributed by atoms with E-state index in [0.717, 1.165) is 5.69 Å². The first kappa shape index (κ1) is 12.1. The summed E-state index contributed by atoms with van der Waals surface area (Å²) in [4.78, 5) is 25.8. The Morgan fingerprint density at radius 1 is 1.41 bits per heavy atom. The van der Waals surface area contributed by atoms with E-state index in [1.54, 1.807) is 4.90 Å². The lowest BCUT2D eigenvalue weighted by atomic mass is 9.89. The van der Waals surface area contributed by atoms with Gasteiger partial charge >= 0.3 is 0 Å². The number of hydrogen-bond acceptors (Lipinski definition) is 3. The van der Waals surface area contributed by atoms with Crippen LogP contribution in [0.15, 0.2) is 16.8 Å². The topological polar surface area (TPSA) is 49.4 Å². The monoisotopic (exact) mass is 252 g/mol. The Morgan fingerprint density at radius 2 is 2.12 bits per heavy atom. The zero-order valence-corrected chi connectivity index (χ0v) is 10.8. The van der Waals surface area contributed by atoms with E-state index in [9.17, 15) is 9.59 Å². The molecule has 0 aliphatic carbocycles. The molecule has 0 spiro atoms. The summed E-state index contributed by atoms with van der Waals surface area (Å²) < 4.78 is 0. The van der Waals surface area contributed by atoms with Gasteiger partial charge in [0, 0.05) is 5.38 Å². The van der Waals surface area contributed by atoms with Gasteiger partial charge in [-0.05, 0) is 24.3 Å². The van der Waals surface area contributed by atoms with E-state index >= 15 is 0 Å². The Labute approximate surface area is 105 Å². The van der Waals surface area contributed by atoms with Crippen LogP contribution >= 0.6 is 11.3 Å². The van der Waals surface area contributed by atoms with E-state index in [1.807, 2.05) is 30.7 Å². The molecule has 0 bridgehead atoms. The second-order valence-electron chi connectivity index (χ2n) is 4.21. The highest BCUT2D eigenvalue weighted by atomic mass is 32.1. The summed E-state index contributed by atoms with van der Waals surface area (Å²) in [6.07, 6.45) is 1.24. The molecule has 1 aliphatic rings. The number of anilines is 1. The van der Waals surface area contributed by atoms with Gasteiger partial charge in [-0.2, -0.15) is 11.3 Å². The van der Waals surface area contributed by atoms with E-state index in [4.69, 9.17) is 0 Å². The standard InChI is InChI=1S/C12H16N2O2S/c1-3-12(4-2)11(16)14(7-10(15)13-12)9-5-6-17-8-9/h5-6,8H,3-4,7H2,1-2H3,(H,13,15). The summed E-state index contributed by atoms with van der Waals surface area (Å²) in [5.74, 6) is -0.0833. The van der Waals surface area contributed by atoms with Crippen molar-refractivity contribution in [3.05, 3.63) is 16.8 Å². The van der Waals surface area contributed by atoms with Crippen molar-refractivity contribution in [1.82, 2.24) is 5.32 Å². The molecule has 0 saturated carbocycles. The second kappa shape index (κ2) is 4.49. The van der Waals surface area contributed by atoms with E-state index in [2.05, 4.69) is 5.32 Å². The Hall–Kier alpha value is -1.36. The van der Waals surface area contributed by atoms with Crippen LogP contribution in [0.5, 0.6) is 0 Å².